The molecule has 0 bridgehead atoms. The van der Waals surface area contributed by atoms with Crippen LogP contribution in [0, 0.1) is 0 Å². The predicted molar refractivity (Wildman–Crippen MR) is 106 cm³/mol. The Labute approximate surface area is 157 Å². The van der Waals surface area contributed by atoms with Gasteiger partial charge in [-0.25, -0.2) is 5.43 Å². The van der Waals surface area contributed by atoms with Crippen molar-refractivity contribution in [3.63, 3.8) is 0 Å². The zero-order valence-electron chi connectivity index (χ0n) is 14.4. The number of fused-ring (bicyclic) bond motifs is 1. The summed E-state index contributed by atoms with van der Waals surface area (Å²) >= 11 is 5.84. The van der Waals surface area contributed by atoms with Gasteiger partial charge in [0, 0.05) is 16.1 Å². The van der Waals surface area contributed by atoms with Crippen LogP contribution in [0.1, 0.15) is 29.3 Å². The van der Waals surface area contributed by atoms with Gasteiger partial charge in [0.1, 0.15) is 5.75 Å². The molecule has 0 saturated heterocycles. The fourth-order valence-corrected chi connectivity index (χ4v) is 2.69. The Hall–Kier alpha value is -2.85. The van der Waals surface area contributed by atoms with Crippen LogP contribution in [0.15, 0.2) is 65.8 Å². The second-order valence-corrected chi connectivity index (χ2v) is 6.19. The molecule has 132 valence electrons. The highest BCUT2D eigenvalue weighted by Gasteiger charge is 2.08. The number of halogens is 1. The summed E-state index contributed by atoms with van der Waals surface area (Å²) in [6, 6.07) is 18.6. The molecule has 0 saturated carbocycles. The molecular weight excluding hydrogens is 348 g/mol. The van der Waals surface area contributed by atoms with E-state index in [0.29, 0.717) is 17.2 Å². The monoisotopic (exact) mass is 366 g/mol. The standard InChI is InChI=1S/C21H19ClN2O2/c1-2-13-26-20-12-9-15-5-3-4-6-18(15)19(20)14-23-24-21(25)16-7-10-17(22)11-8-16/h3-12,14H,2,13H2,1H3,(H,24,25)/b23-14+. The van der Waals surface area contributed by atoms with Gasteiger partial charge in [-0.2, -0.15) is 5.10 Å². The van der Waals surface area contributed by atoms with Gasteiger partial charge in [-0.1, -0.05) is 48.9 Å². The molecule has 0 spiro atoms. The summed E-state index contributed by atoms with van der Waals surface area (Å²) in [7, 11) is 0. The van der Waals surface area contributed by atoms with Gasteiger partial charge in [0.05, 0.1) is 12.8 Å². The van der Waals surface area contributed by atoms with E-state index in [2.05, 4.69) is 17.5 Å². The molecule has 3 aromatic carbocycles. The van der Waals surface area contributed by atoms with Crippen LogP contribution in [0.5, 0.6) is 5.75 Å². The average Bonchev–Trinajstić information content (AvgIpc) is 2.67. The fourth-order valence-electron chi connectivity index (χ4n) is 2.57. The van der Waals surface area contributed by atoms with Crippen molar-refractivity contribution in [1.82, 2.24) is 5.43 Å². The zero-order valence-corrected chi connectivity index (χ0v) is 15.2. The SMILES string of the molecule is CCCOc1ccc2ccccc2c1/C=N/NC(=O)c1ccc(Cl)cc1. The summed E-state index contributed by atoms with van der Waals surface area (Å²) in [4.78, 5) is 12.2. The van der Waals surface area contributed by atoms with Crippen molar-refractivity contribution in [3.8, 4) is 5.75 Å². The second-order valence-electron chi connectivity index (χ2n) is 5.75. The van der Waals surface area contributed by atoms with Gasteiger partial charge < -0.3 is 4.74 Å². The van der Waals surface area contributed by atoms with Crippen LogP contribution in [-0.4, -0.2) is 18.7 Å². The topological polar surface area (TPSA) is 50.7 Å². The molecule has 1 amide bonds. The molecule has 0 radical (unpaired) electrons. The van der Waals surface area contributed by atoms with Crippen LogP contribution < -0.4 is 10.2 Å². The van der Waals surface area contributed by atoms with Gasteiger partial charge in [0.2, 0.25) is 0 Å². The largest absolute Gasteiger partial charge is 0.493 e. The molecule has 0 aromatic heterocycles. The maximum atomic E-state index is 12.2. The van der Waals surface area contributed by atoms with Crippen LogP contribution in [0.3, 0.4) is 0 Å². The summed E-state index contributed by atoms with van der Waals surface area (Å²) < 4.78 is 5.83. The van der Waals surface area contributed by atoms with Crippen molar-refractivity contribution < 1.29 is 9.53 Å². The lowest BCUT2D eigenvalue weighted by Crippen LogP contribution is -2.17. The Morgan fingerprint density at radius 1 is 1.12 bits per heavy atom. The van der Waals surface area contributed by atoms with Gasteiger partial charge in [-0.15, -0.1) is 0 Å². The van der Waals surface area contributed by atoms with E-state index < -0.39 is 0 Å². The minimum Gasteiger partial charge on any atom is -0.493 e. The van der Waals surface area contributed by atoms with Crippen LogP contribution >= 0.6 is 11.6 Å². The van der Waals surface area contributed by atoms with Crippen LogP contribution in [0.2, 0.25) is 5.02 Å². The Morgan fingerprint density at radius 2 is 1.88 bits per heavy atom. The first kappa shape index (κ1) is 18.0. The number of hydrogen-bond donors (Lipinski definition) is 1. The minimum atomic E-state index is -0.297. The Bertz CT molecular complexity index is 936. The van der Waals surface area contributed by atoms with E-state index in [1.165, 1.54) is 0 Å². The number of carbonyl (C=O) groups excluding carboxylic acids is 1. The molecule has 26 heavy (non-hydrogen) atoms. The van der Waals surface area contributed by atoms with E-state index >= 15 is 0 Å². The summed E-state index contributed by atoms with van der Waals surface area (Å²) in [5, 5.41) is 6.81. The highest BCUT2D eigenvalue weighted by Crippen LogP contribution is 2.26. The Morgan fingerprint density at radius 3 is 2.65 bits per heavy atom. The molecule has 0 unspecified atom stereocenters. The predicted octanol–water partition coefficient (Wildman–Crippen LogP) is 5.05. The molecule has 0 fully saturated rings. The maximum Gasteiger partial charge on any atom is 0.271 e. The summed E-state index contributed by atoms with van der Waals surface area (Å²) in [6.07, 6.45) is 2.54. The Kier molecular flexibility index (Phi) is 5.87. The smallest absolute Gasteiger partial charge is 0.271 e. The minimum absolute atomic E-state index is 0.297. The third kappa shape index (κ3) is 4.21. The zero-order chi connectivity index (χ0) is 18.4. The number of nitrogens with zero attached hydrogens (tertiary/aromatic N) is 1. The number of benzene rings is 3. The molecular formula is C21H19ClN2O2. The van der Waals surface area contributed by atoms with E-state index in [-0.39, 0.29) is 5.91 Å². The number of ether oxygens (including phenoxy) is 1. The molecule has 0 atom stereocenters. The van der Waals surface area contributed by atoms with Gasteiger partial charge >= 0.3 is 0 Å². The average molecular weight is 367 g/mol. The van der Waals surface area contributed by atoms with E-state index in [0.717, 1.165) is 28.5 Å². The molecule has 3 aromatic rings. The van der Waals surface area contributed by atoms with Gasteiger partial charge in [-0.05, 0) is 47.5 Å². The number of hydrazone groups is 1. The first-order chi connectivity index (χ1) is 12.7. The molecule has 1 N–H and O–H groups in total. The van der Waals surface area contributed by atoms with Gasteiger partial charge in [-0.3, -0.25) is 4.79 Å². The third-order valence-electron chi connectivity index (χ3n) is 3.86. The van der Waals surface area contributed by atoms with Crippen molar-refractivity contribution in [2.75, 3.05) is 6.61 Å². The van der Waals surface area contributed by atoms with Crippen LogP contribution in [-0.2, 0) is 0 Å². The number of carbonyl (C=O) groups is 1. The highest BCUT2D eigenvalue weighted by molar-refractivity contribution is 6.30. The number of nitrogens with one attached hydrogen (secondary N) is 1. The van der Waals surface area contributed by atoms with E-state index in [4.69, 9.17) is 16.3 Å². The third-order valence-corrected chi connectivity index (χ3v) is 4.11. The van der Waals surface area contributed by atoms with E-state index in [1.54, 1.807) is 30.5 Å². The first-order valence-corrected chi connectivity index (χ1v) is 8.80. The number of rotatable bonds is 6. The van der Waals surface area contributed by atoms with Crippen molar-refractivity contribution in [1.29, 1.82) is 0 Å². The highest BCUT2D eigenvalue weighted by atomic mass is 35.5. The lowest BCUT2D eigenvalue weighted by molar-refractivity contribution is 0.0955. The van der Waals surface area contributed by atoms with Crippen molar-refractivity contribution >= 4 is 34.5 Å². The maximum absolute atomic E-state index is 12.2. The normalized spacial score (nSPS) is 11.0. The summed E-state index contributed by atoms with van der Waals surface area (Å²) in [6.45, 7) is 2.68. The van der Waals surface area contributed by atoms with Crippen molar-refractivity contribution in [3.05, 3.63) is 76.8 Å². The van der Waals surface area contributed by atoms with Crippen LogP contribution in [0.4, 0.5) is 0 Å². The van der Waals surface area contributed by atoms with Crippen molar-refractivity contribution in [2.45, 2.75) is 13.3 Å². The molecule has 0 heterocycles. The van der Waals surface area contributed by atoms with E-state index in [1.807, 2.05) is 36.4 Å². The molecule has 0 aliphatic carbocycles. The van der Waals surface area contributed by atoms with E-state index in [9.17, 15) is 4.79 Å². The first-order valence-electron chi connectivity index (χ1n) is 8.42. The number of hydrogen-bond acceptors (Lipinski definition) is 3. The molecule has 3 rings (SSSR count). The lowest BCUT2D eigenvalue weighted by Gasteiger charge is -2.11. The summed E-state index contributed by atoms with van der Waals surface area (Å²) in [5.74, 6) is 0.448. The van der Waals surface area contributed by atoms with Crippen LogP contribution in [0.25, 0.3) is 10.8 Å². The molecule has 0 aliphatic heterocycles. The molecule has 4 nitrogen and oxygen atoms in total. The fraction of sp³-hybridized carbons (Fsp3) is 0.143. The number of amides is 1. The molecule has 5 heteroatoms. The molecule has 0 aliphatic rings. The van der Waals surface area contributed by atoms with Crippen molar-refractivity contribution in [2.24, 2.45) is 5.10 Å². The quantitative estimate of drug-likeness (QED) is 0.490. The van der Waals surface area contributed by atoms with Gasteiger partial charge in [0.15, 0.2) is 0 Å². The Balaban J connectivity index is 1.85. The summed E-state index contributed by atoms with van der Waals surface area (Å²) in [5.41, 5.74) is 3.88. The second kappa shape index (κ2) is 8.50. The lowest BCUT2D eigenvalue weighted by atomic mass is 10.0. The van der Waals surface area contributed by atoms with Gasteiger partial charge in [0.25, 0.3) is 5.91 Å².